The van der Waals surface area contributed by atoms with Crippen LogP contribution >= 0.6 is 0 Å². The van der Waals surface area contributed by atoms with Crippen molar-refractivity contribution in [2.24, 2.45) is 11.7 Å². The second-order valence-electron chi connectivity index (χ2n) is 7.22. The fourth-order valence-electron chi connectivity index (χ4n) is 4.17. The fourth-order valence-corrected chi connectivity index (χ4v) is 4.17. The lowest BCUT2D eigenvalue weighted by Crippen LogP contribution is -2.52. The largest absolute Gasteiger partial charge is 0.377 e. The first-order chi connectivity index (χ1) is 10.1. The summed E-state index contributed by atoms with van der Waals surface area (Å²) >= 11 is 0. The Morgan fingerprint density at radius 2 is 1.95 bits per heavy atom. The normalized spacial score (nSPS) is 30.1. The van der Waals surface area contributed by atoms with E-state index < -0.39 is 0 Å². The molecular weight excluding hydrogens is 258 g/mol. The summed E-state index contributed by atoms with van der Waals surface area (Å²) in [7, 11) is 1.85. The summed E-state index contributed by atoms with van der Waals surface area (Å²) in [5.74, 6) is 0.820. The van der Waals surface area contributed by atoms with Gasteiger partial charge in [0.2, 0.25) is 0 Å². The molecule has 2 aliphatic rings. The highest BCUT2D eigenvalue weighted by molar-refractivity contribution is 5.35. The molecule has 3 rings (SSSR count). The molecule has 0 heterocycles. The van der Waals surface area contributed by atoms with Crippen molar-refractivity contribution in [3.63, 3.8) is 0 Å². The van der Waals surface area contributed by atoms with Crippen LogP contribution in [0, 0.1) is 5.92 Å². The van der Waals surface area contributed by atoms with Gasteiger partial charge >= 0.3 is 0 Å². The van der Waals surface area contributed by atoms with Gasteiger partial charge in [0, 0.05) is 13.2 Å². The zero-order chi connectivity index (χ0) is 14.9. The minimum absolute atomic E-state index is 0.106. The lowest BCUT2D eigenvalue weighted by atomic mass is 9.74. The molecule has 2 heteroatoms. The van der Waals surface area contributed by atoms with E-state index in [0.717, 1.165) is 25.2 Å². The third-order valence-electron chi connectivity index (χ3n) is 5.82. The smallest absolute Gasteiger partial charge is 0.0832 e. The van der Waals surface area contributed by atoms with Gasteiger partial charge in [-0.25, -0.2) is 0 Å². The summed E-state index contributed by atoms with van der Waals surface area (Å²) in [6, 6.07) is 7.08. The summed E-state index contributed by atoms with van der Waals surface area (Å²) in [6.45, 7) is 2.34. The maximum absolute atomic E-state index is 6.59. The summed E-state index contributed by atoms with van der Waals surface area (Å²) in [5, 5.41) is 0. The van der Waals surface area contributed by atoms with E-state index in [0.29, 0.717) is 0 Å². The lowest BCUT2D eigenvalue weighted by molar-refractivity contribution is -0.0659. The SMILES string of the molecule is COC1(C(N)Cc2ccc3c(c2)CCC3)CCC(C)CC1. The van der Waals surface area contributed by atoms with Crippen LogP contribution in [-0.4, -0.2) is 18.8 Å². The van der Waals surface area contributed by atoms with Crippen LogP contribution in [0.2, 0.25) is 0 Å². The van der Waals surface area contributed by atoms with Crippen LogP contribution in [0.1, 0.15) is 55.7 Å². The van der Waals surface area contributed by atoms with Crippen molar-refractivity contribution in [1.29, 1.82) is 0 Å². The predicted octanol–water partition coefficient (Wildman–Crippen LogP) is 3.64. The van der Waals surface area contributed by atoms with Crippen molar-refractivity contribution in [1.82, 2.24) is 0 Å². The van der Waals surface area contributed by atoms with Gasteiger partial charge < -0.3 is 10.5 Å². The van der Waals surface area contributed by atoms with Crippen LogP contribution < -0.4 is 5.73 Å². The second-order valence-corrected chi connectivity index (χ2v) is 7.22. The van der Waals surface area contributed by atoms with Crippen molar-refractivity contribution in [3.05, 3.63) is 34.9 Å². The van der Waals surface area contributed by atoms with E-state index in [1.165, 1.54) is 37.7 Å². The molecule has 0 saturated heterocycles. The number of ether oxygens (including phenoxy) is 1. The Balaban J connectivity index is 1.71. The summed E-state index contributed by atoms with van der Waals surface area (Å²) in [4.78, 5) is 0. The van der Waals surface area contributed by atoms with Crippen LogP contribution in [0.25, 0.3) is 0 Å². The van der Waals surface area contributed by atoms with Crippen LogP contribution in [0.4, 0.5) is 0 Å². The van der Waals surface area contributed by atoms with Gasteiger partial charge in [0.1, 0.15) is 0 Å². The lowest BCUT2D eigenvalue weighted by Gasteiger charge is -2.42. The number of fused-ring (bicyclic) bond motifs is 1. The van der Waals surface area contributed by atoms with Gasteiger partial charge in [-0.3, -0.25) is 0 Å². The maximum atomic E-state index is 6.59. The zero-order valence-electron chi connectivity index (χ0n) is 13.5. The number of hydrogen-bond donors (Lipinski definition) is 1. The van der Waals surface area contributed by atoms with E-state index in [9.17, 15) is 0 Å². The van der Waals surface area contributed by atoms with Gasteiger partial charge in [-0.2, -0.15) is 0 Å². The van der Waals surface area contributed by atoms with Crippen molar-refractivity contribution in [2.45, 2.75) is 69.9 Å². The molecule has 0 amide bonds. The average Bonchev–Trinajstić information content (AvgIpc) is 2.96. The monoisotopic (exact) mass is 287 g/mol. The Bertz CT molecular complexity index is 488. The predicted molar refractivity (Wildman–Crippen MR) is 87.5 cm³/mol. The van der Waals surface area contributed by atoms with E-state index in [4.69, 9.17) is 10.5 Å². The molecule has 21 heavy (non-hydrogen) atoms. The van der Waals surface area contributed by atoms with Gasteiger partial charge in [-0.15, -0.1) is 0 Å². The van der Waals surface area contributed by atoms with Gasteiger partial charge in [0.15, 0.2) is 0 Å². The highest BCUT2D eigenvalue weighted by Gasteiger charge is 2.39. The quantitative estimate of drug-likeness (QED) is 0.917. The maximum Gasteiger partial charge on any atom is 0.0832 e. The molecule has 1 atom stereocenters. The van der Waals surface area contributed by atoms with E-state index >= 15 is 0 Å². The van der Waals surface area contributed by atoms with Gasteiger partial charge in [0.05, 0.1) is 5.60 Å². The molecule has 1 aromatic carbocycles. The van der Waals surface area contributed by atoms with Crippen LogP contribution in [0.3, 0.4) is 0 Å². The molecular formula is C19H29NO. The molecule has 2 nitrogen and oxygen atoms in total. The molecule has 0 aliphatic heterocycles. The number of nitrogens with two attached hydrogens (primary N) is 1. The highest BCUT2D eigenvalue weighted by atomic mass is 16.5. The summed E-state index contributed by atoms with van der Waals surface area (Å²) in [5.41, 5.74) is 11.0. The van der Waals surface area contributed by atoms with Crippen LogP contribution in [-0.2, 0) is 24.0 Å². The van der Waals surface area contributed by atoms with Crippen molar-refractivity contribution >= 4 is 0 Å². The molecule has 2 aliphatic carbocycles. The molecule has 1 fully saturated rings. The van der Waals surface area contributed by atoms with Gasteiger partial charge in [0.25, 0.3) is 0 Å². The minimum atomic E-state index is -0.106. The Kier molecular flexibility index (Phi) is 4.37. The Morgan fingerprint density at radius 3 is 2.67 bits per heavy atom. The summed E-state index contributed by atoms with van der Waals surface area (Å²) in [6.07, 6.45) is 9.44. The van der Waals surface area contributed by atoms with Gasteiger partial charge in [-0.05, 0) is 74.0 Å². The zero-order valence-corrected chi connectivity index (χ0v) is 13.5. The Labute approximate surface area is 129 Å². The molecule has 1 saturated carbocycles. The standard InChI is InChI=1S/C19H29NO/c1-14-8-10-19(21-2,11-9-14)18(20)13-15-6-7-16-4-3-5-17(16)12-15/h6-7,12,14,18H,3-5,8-11,13,20H2,1-2H3. The number of aryl methyl sites for hydroxylation is 2. The molecule has 116 valence electrons. The van der Waals surface area contributed by atoms with Crippen molar-refractivity contribution < 1.29 is 4.74 Å². The third kappa shape index (κ3) is 3.02. The molecule has 1 aromatic rings. The Morgan fingerprint density at radius 1 is 1.24 bits per heavy atom. The molecule has 0 bridgehead atoms. The molecule has 2 N–H and O–H groups in total. The van der Waals surface area contributed by atoms with Crippen molar-refractivity contribution in [2.75, 3.05) is 7.11 Å². The number of methoxy groups -OCH3 is 1. The summed E-state index contributed by atoms with van der Waals surface area (Å²) < 4.78 is 5.93. The average molecular weight is 287 g/mol. The Hall–Kier alpha value is -0.860. The third-order valence-corrected chi connectivity index (χ3v) is 5.82. The topological polar surface area (TPSA) is 35.2 Å². The first-order valence-electron chi connectivity index (χ1n) is 8.54. The first-order valence-corrected chi connectivity index (χ1v) is 8.54. The van der Waals surface area contributed by atoms with Crippen LogP contribution in [0.5, 0.6) is 0 Å². The van der Waals surface area contributed by atoms with Crippen molar-refractivity contribution in [3.8, 4) is 0 Å². The van der Waals surface area contributed by atoms with E-state index in [1.54, 1.807) is 11.1 Å². The van der Waals surface area contributed by atoms with E-state index in [1.807, 2.05) is 7.11 Å². The number of benzene rings is 1. The van der Waals surface area contributed by atoms with E-state index in [2.05, 4.69) is 25.1 Å². The molecule has 1 unspecified atom stereocenters. The number of hydrogen-bond acceptors (Lipinski definition) is 2. The van der Waals surface area contributed by atoms with Gasteiger partial charge in [-0.1, -0.05) is 25.1 Å². The van der Waals surface area contributed by atoms with E-state index in [-0.39, 0.29) is 11.6 Å². The van der Waals surface area contributed by atoms with Crippen LogP contribution in [0.15, 0.2) is 18.2 Å². The highest BCUT2D eigenvalue weighted by Crippen LogP contribution is 2.37. The fraction of sp³-hybridized carbons (Fsp3) is 0.684. The second kappa shape index (κ2) is 6.10. The first kappa shape index (κ1) is 15.1. The molecule has 0 radical (unpaired) electrons. The number of rotatable bonds is 4. The minimum Gasteiger partial charge on any atom is -0.377 e. The molecule has 0 aromatic heterocycles. The molecule has 0 spiro atoms.